The van der Waals surface area contributed by atoms with E-state index in [4.69, 9.17) is 21.3 Å². The van der Waals surface area contributed by atoms with Crippen molar-refractivity contribution in [2.24, 2.45) is 5.10 Å². The van der Waals surface area contributed by atoms with Gasteiger partial charge in [-0.25, -0.2) is 14.8 Å². The molecule has 11 heteroatoms. The number of methoxy groups -OCH3 is 1. The van der Waals surface area contributed by atoms with Gasteiger partial charge in [-0.05, 0) is 67.6 Å². The fraction of sp³-hybridized carbons (Fsp3) is 0.231. The Morgan fingerprint density at radius 1 is 1.27 bits per heavy atom. The number of thioether (sulfide) groups is 1. The van der Waals surface area contributed by atoms with Gasteiger partial charge in [0.15, 0.2) is 5.16 Å². The minimum atomic E-state index is -0.542. The molecule has 7 nitrogen and oxygen atoms in total. The van der Waals surface area contributed by atoms with Crippen molar-refractivity contribution in [1.29, 1.82) is 0 Å². The number of aryl methyl sites for hydroxylation is 2. The first kappa shape index (κ1) is 25.4. The van der Waals surface area contributed by atoms with Crippen LogP contribution < -0.4 is 15.7 Å². The van der Waals surface area contributed by atoms with Crippen molar-refractivity contribution in [3.63, 3.8) is 0 Å². The molecule has 190 valence electrons. The normalized spacial score (nSPS) is 13.2. The molecule has 2 heterocycles. The van der Waals surface area contributed by atoms with Crippen molar-refractivity contribution in [3.05, 3.63) is 79.7 Å². The molecule has 1 amide bonds. The lowest BCUT2D eigenvalue weighted by Crippen LogP contribution is -2.24. The Hall–Kier alpha value is -3.21. The summed E-state index contributed by atoms with van der Waals surface area (Å²) in [5.41, 5.74) is 4.04. The molecule has 0 atom stereocenters. The van der Waals surface area contributed by atoms with Crippen LogP contribution in [0.1, 0.15) is 28.8 Å². The number of rotatable bonds is 7. The van der Waals surface area contributed by atoms with Gasteiger partial charge in [-0.1, -0.05) is 29.4 Å². The number of thiophene rings is 1. The van der Waals surface area contributed by atoms with Crippen molar-refractivity contribution >= 4 is 57.0 Å². The van der Waals surface area contributed by atoms with E-state index in [1.165, 1.54) is 23.1 Å². The van der Waals surface area contributed by atoms with E-state index in [2.05, 4.69) is 10.5 Å². The number of nitrogens with one attached hydrogen (secondary N) is 1. The average molecular weight is 557 g/mol. The van der Waals surface area contributed by atoms with Gasteiger partial charge in [-0.2, -0.15) is 5.10 Å². The molecule has 0 saturated carbocycles. The Labute approximate surface area is 225 Å². The summed E-state index contributed by atoms with van der Waals surface area (Å²) >= 11 is 8.67. The molecule has 1 aliphatic rings. The van der Waals surface area contributed by atoms with Gasteiger partial charge in [0.1, 0.15) is 16.4 Å². The van der Waals surface area contributed by atoms with E-state index in [0.29, 0.717) is 26.8 Å². The number of benzene rings is 2. The van der Waals surface area contributed by atoms with E-state index in [1.54, 1.807) is 47.3 Å². The molecule has 0 spiro atoms. The van der Waals surface area contributed by atoms with Crippen molar-refractivity contribution in [2.45, 2.75) is 30.8 Å². The van der Waals surface area contributed by atoms with Gasteiger partial charge in [0.25, 0.3) is 11.5 Å². The Bertz CT molecular complexity index is 1550. The Balaban J connectivity index is 1.44. The molecule has 2 aromatic heterocycles. The molecule has 5 rings (SSSR count). The lowest BCUT2D eigenvalue weighted by atomic mass is 9.97. The zero-order valence-electron chi connectivity index (χ0n) is 19.8. The molecule has 2 aromatic carbocycles. The van der Waals surface area contributed by atoms with E-state index < -0.39 is 11.7 Å². The fourth-order valence-electron chi connectivity index (χ4n) is 4.21. The number of carbonyl (C=O) groups is 1. The molecule has 1 aliphatic carbocycles. The SMILES string of the molecule is COc1ccc(-n2c(SCC(=O)NN=Cc3c(F)cccc3Cl)nc3sc4c(c3c2=O)CCCC4)cc1. The van der Waals surface area contributed by atoms with Crippen LogP contribution in [-0.4, -0.2) is 34.5 Å². The van der Waals surface area contributed by atoms with E-state index in [0.717, 1.165) is 49.2 Å². The van der Waals surface area contributed by atoms with E-state index >= 15 is 0 Å². The van der Waals surface area contributed by atoms with Crippen LogP contribution in [-0.2, 0) is 17.6 Å². The molecule has 0 aliphatic heterocycles. The third-order valence-corrected chi connectivity index (χ3v) is 8.46. The van der Waals surface area contributed by atoms with Crippen LogP contribution in [0.25, 0.3) is 15.9 Å². The van der Waals surface area contributed by atoms with Gasteiger partial charge >= 0.3 is 0 Å². The predicted octanol–water partition coefficient (Wildman–Crippen LogP) is 5.37. The minimum absolute atomic E-state index is 0.0540. The van der Waals surface area contributed by atoms with Crippen LogP contribution >= 0.6 is 34.7 Å². The van der Waals surface area contributed by atoms with Crippen LogP contribution in [0, 0.1) is 5.82 Å². The van der Waals surface area contributed by atoms with Crippen LogP contribution in [0.15, 0.2) is 57.5 Å². The first-order chi connectivity index (χ1) is 18.0. The zero-order valence-corrected chi connectivity index (χ0v) is 22.2. The van der Waals surface area contributed by atoms with Crippen LogP contribution in [0.4, 0.5) is 4.39 Å². The quantitative estimate of drug-likeness (QED) is 0.143. The standard InChI is InChI=1S/C26H22ClFN4O3S2/c1-35-16-11-9-15(10-12-16)32-25(34)23-17-5-2-3-8-21(17)37-24(23)30-26(32)36-14-22(33)31-29-13-18-19(27)6-4-7-20(18)28/h4,6-7,9-13H,2-3,5,8,14H2,1H3,(H,31,33). The highest BCUT2D eigenvalue weighted by Gasteiger charge is 2.23. The van der Waals surface area contributed by atoms with E-state index in [9.17, 15) is 14.0 Å². The predicted molar refractivity (Wildman–Crippen MR) is 146 cm³/mol. The first-order valence-electron chi connectivity index (χ1n) is 11.6. The lowest BCUT2D eigenvalue weighted by Gasteiger charge is -2.14. The number of hydrogen-bond donors (Lipinski definition) is 1. The molecule has 0 unspecified atom stereocenters. The van der Waals surface area contributed by atoms with Gasteiger partial charge in [0.05, 0.1) is 35.2 Å². The monoisotopic (exact) mass is 556 g/mol. The van der Waals surface area contributed by atoms with Gasteiger partial charge in [-0.15, -0.1) is 11.3 Å². The summed E-state index contributed by atoms with van der Waals surface area (Å²) < 4.78 is 20.7. The second kappa shape index (κ2) is 11.0. The molecular formula is C26H22ClFN4O3S2. The third kappa shape index (κ3) is 5.27. The number of ether oxygens (including phenoxy) is 1. The van der Waals surface area contributed by atoms with Crippen molar-refractivity contribution < 1.29 is 13.9 Å². The molecule has 0 bridgehead atoms. The number of halogens is 2. The largest absolute Gasteiger partial charge is 0.497 e. The highest BCUT2D eigenvalue weighted by atomic mass is 35.5. The van der Waals surface area contributed by atoms with E-state index in [1.807, 2.05) is 0 Å². The maximum Gasteiger partial charge on any atom is 0.267 e. The van der Waals surface area contributed by atoms with E-state index in [-0.39, 0.29) is 21.9 Å². The average Bonchev–Trinajstić information content (AvgIpc) is 3.28. The smallest absolute Gasteiger partial charge is 0.267 e. The minimum Gasteiger partial charge on any atom is -0.497 e. The Kier molecular flexibility index (Phi) is 7.59. The van der Waals surface area contributed by atoms with Crippen molar-refractivity contribution in [2.75, 3.05) is 12.9 Å². The Morgan fingerprint density at radius 3 is 2.81 bits per heavy atom. The number of carbonyl (C=O) groups excluding carboxylic acids is 1. The van der Waals surface area contributed by atoms with Gasteiger partial charge in [-0.3, -0.25) is 14.2 Å². The molecule has 0 fully saturated rings. The summed E-state index contributed by atoms with van der Waals surface area (Å²) in [6.45, 7) is 0. The summed E-state index contributed by atoms with van der Waals surface area (Å²) in [6.07, 6.45) is 5.14. The Morgan fingerprint density at radius 2 is 2.05 bits per heavy atom. The number of nitrogens with zero attached hydrogens (tertiary/aromatic N) is 3. The summed E-state index contributed by atoms with van der Waals surface area (Å²) in [6, 6.07) is 11.4. The number of hydrogen-bond acceptors (Lipinski definition) is 7. The fourth-order valence-corrected chi connectivity index (χ4v) is 6.53. The summed E-state index contributed by atoms with van der Waals surface area (Å²) in [7, 11) is 1.58. The summed E-state index contributed by atoms with van der Waals surface area (Å²) in [5, 5.41) is 5.07. The number of aromatic nitrogens is 2. The number of fused-ring (bicyclic) bond motifs is 3. The van der Waals surface area contributed by atoms with Gasteiger partial charge in [0.2, 0.25) is 0 Å². The van der Waals surface area contributed by atoms with Crippen LogP contribution in [0.2, 0.25) is 5.02 Å². The molecule has 0 radical (unpaired) electrons. The van der Waals surface area contributed by atoms with Crippen molar-refractivity contribution in [1.82, 2.24) is 15.0 Å². The second-order valence-corrected chi connectivity index (χ2v) is 10.8. The summed E-state index contributed by atoms with van der Waals surface area (Å²) in [5.74, 6) is -0.365. The molecule has 37 heavy (non-hydrogen) atoms. The maximum absolute atomic E-state index is 13.9. The molecule has 4 aromatic rings. The molecule has 0 saturated heterocycles. The topological polar surface area (TPSA) is 85.6 Å². The second-order valence-electron chi connectivity index (χ2n) is 8.34. The van der Waals surface area contributed by atoms with Crippen molar-refractivity contribution in [3.8, 4) is 11.4 Å². The zero-order chi connectivity index (χ0) is 25.9. The molecule has 1 N–H and O–H groups in total. The van der Waals surface area contributed by atoms with Gasteiger partial charge < -0.3 is 4.74 Å². The number of amides is 1. The highest BCUT2D eigenvalue weighted by Crippen LogP contribution is 2.35. The van der Waals surface area contributed by atoms with Gasteiger partial charge in [0, 0.05) is 10.4 Å². The van der Waals surface area contributed by atoms with Crippen LogP contribution in [0.5, 0.6) is 5.75 Å². The lowest BCUT2D eigenvalue weighted by molar-refractivity contribution is -0.118. The van der Waals surface area contributed by atoms with Crippen LogP contribution in [0.3, 0.4) is 0 Å². The number of hydrazone groups is 1. The first-order valence-corrected chi connectivity index (χ1v) is 13.7. The third-order valence-electron chi connectivity index (χ3n) is 6.00. The maximum atomic E-state index is 13.9. The molecular weight excluding hydrogens is 535 g/mol. The summed E-state index contributed by atoms with van der Waals surface area (Å²) in [4.78, 5) is 33.0. The highest BCUT2D eigenvalue weighted by molar-refractivity contribution is 7.99.